The fraction of sp³-hybridized carbons (Fsp3) is 0.0769. The van der Waals surface area contributed by atoms with E-state index in [1.165, 1.54) is 36.4 Å². The molecule has 0 aromatic heterocycles. The molecular weight excluding hydrogens is 273 g/mol. The van der Waals surface area contributed by atoms with Gasteiger partial charge in [-0.05, 0) is 18.2 Å². The first-order valence-corrected chi connectivity index (χ1v) is 5.76. The van der Waals surface area contributed by atoms with Crippen LogP contribution in [0.2, 0.25) is 5.02 Å². The van der Waals surface area contributed by atoms with Crippen LogP contribution in [0.5, 0.6) is 5.75 Å². The Labute approximate surface area is 113 Å². The molecule has 0 N–H and O–H groups in total. The van der Waals surface area contributed by atoms with Gasteiger partial charge in [0.1, 0.15) is 18.2 Å². The number of halogens is 2. The Balaban J connectivity index is 2.06. The Hall–Kier alpha value is -2.14. The first kappa shape index (κ1) is 13.3. The van der Waals surface area contributed by atoms with Crippen molar-refractivity contribution in [1.29, 1.82) is 0 Å². The first-order valence-electron chi connectivity index (χ1n) is 5.38. The van der Waals surface area contributed by atoms with Crippen LogP contribution in [0, 0.1) is 15.9 Å². The summed E-state index contributed by atoms with van der Waals surface area (Å²) in [7, 11) is 0. The van der Waals surface area contributed by atoms with E-state index in [1.807, 2.05) is 0 Å². The predicted octanol–water partition coefficient (Wildman–Crippen LogP) is 3.97. The van der Waals surface area contributed by atoms with Crippen LogP contribution in [0.25, 0.3) is 0 Å². The zero-order chi connectivity index (χ0) is 13.8. The summed E-state index contributed by atoms with van der Waals surface area (Å²) in [6, 6.07) is 10.1. The van der Waals surface area contributed by atoms with Gasteiger partial charge in [0.05, 0.1) is 9.95 Å². The van der Waals surface area contributed by atoms with Crippen LogP contribution in [0.4, 0.5) is 10.1 Å². The summed E-state index contributed by atoms with van der Waals surface area (Å²) >= 11 is 5.78. The highest BCUT2D eigenvalue weighted by atomic mass is 35.5. The normalized spacial score (nSPS) is 10.2. The Bertz CT molecular complexity index is 601. The second kappa shape index (κ2) is 5.67. The van der Waals surface area contributed by atoms with Gasteiger partial charge in [0.25, 0.3) is 5.69 Å². The zero-order valence-electron chi connectivity index (χ0n) is 9.68. The Morgan fingerprint density at radius 2 is 1.89 bits per heavy atom. The molecule has 0 aliphatic rings. The first-order chi connectivity index (χ1) is 9.08. The number of nitro benzene ring substituents is 1. The van der Waals surface area contributed by atoms with Gasteiger partial charge >= 0.3 is 0 Å². The highest BCUT2D eigenvalue weighted by Gasteiger charge is 2.07. The van der Waals surface area contributed by atoms with Gasteiger partial charge in [-0.15, -0.1) is 0 Å². The van der Waals surface area contributed by atoms with Crippen molar-refractivity contribution in [3.63, 3.8) is 0 Å². The van der Waals surface area contributed by atoms with Gasteiger partial charge in [-0.1, -0.05) is 23.7 Å². The minimum Gasteiger partial charge on any atom is -0.489 e. The van der Waals surface area contributed by atoms with Crippen LogP contribution in [-0.2, 0) is 6.61 Å². The quantitative estimate of drug-likeness (QED) is 0.629. The summed E-state index contributed by atoms with van der Waals surface area (Å²) < 4.78 is 18.6. The van der Waals surface area contributed by atoms with Crippen molar-refractivity contribution in [1.82, 2.24) is 0 Å². The van der Waals surface area contributed by atoms with Crippen LogP contribution < -0.4 is 4.74 Å². The summed E-state index contributed by atoms with van der Waals surface area (Å²) in [5.41, 5.74) is 0.496. The van der Waals surface area contributed by atoms with E-state index in [1.54, 1.807) is 6.07 Å². The van der Waals surface area contributed by atoms with Crippen LogP contribution in [-0.4, -0.2) is 4.92 Å². The molecule has 0 saturated heterocycles. The number of nitrogens with zero attached hydrogens (tertiary/aromatic N) is 1. The van der Waals surface area contributed by atoms with Crippen molar-refractivity contribution >= 4 is 17.3 Å². The number of non-ortho nitro benzene ring substituents is 1. The fourth-order valence-electron chi connectivity index (χ4n) is 1.49. The zero-order valence-corrected chi connectivity index (χ0v) is 10.4. The molecular formula is C13H9ClFNO3. The fourth-order valence-corrected chi connectivity index (χ4v) is 1.67. The van der Waals surface area contributed by atoms with E-state index in [2.05, 4.69) is 0 Å². The van der Waals surface area contributed by atoms with Gasteiger partial charge in [0, 0.05) is 17.7 Å². The minimum atomic E-state index is -0.508. The summed E-state index contributed by atoms with van der Waals surface area (Å²) in [4.78, 5) is 9.99. The standard InChI is InChI=1S/C13H9ClFNO3/c14-13-9(2-1-3-12(13)15)8-19-11-6-4-10(5-7-11)16(17)18/h1-7H,8H2. The SMILES string of the molecule is O=[N+]([O-])c1ccc(OCc2cccc(F)c2Cl)cc1. The van der Waals surface area contributed by atoms with E-state index in [9.17, 15) is 14.5 Å². The second-order valence-corrected chi connectivity index (χ2v) is 4.13. The molecule has 0 spiro atoms. The van der Waals surface area contributed by atoms with Gasteiger partial charge in [0.15, 0.2) is 0 Å². The van der Waals surface area contributed by atoms with Gasteiger partial charge in [0.2, 0.25) is 0 Å². The van der Waals surface area contributed by atoms with Crippen molar-refractivity contribution < 1.29 is 14.1 Å². The van der Waals surface area contributed by atoms with E-state index < -0.39 is 10.7 Å². The molecule has 2 aromatic carbocycles. The molecule has 0 fully saturated rings. The molecule has 0 radical (unpaired) electrons. The highest BCUT2D eigenvalue weighted by Crippen LogP contribution is 2.22. The van der Waals surface area contributed by atoms with Gasteiger partial charge < -0.3 is 4.74 Å². The van der Waals surface area contributed by atoms with Crippen molar-refractivity contribution in [2.24, 2.45) is 0 Å². The molecule has 2 aromatic rings. The average molecular weight is 282 g/mol. The smallest absolute Gasteiger partial charge is 0.269 e. The van der Waals surface area contributed by atoms with Gasteiger partial charge in [-0.2, -0.15) is 0 Å². The lowest BCUT2D eigenvalue weighted by molar-refractivity contribution is -0.384. The van der Waals surface area contributed by atoms with E-state index in [4.69, 9.17) is 16.3 Å². The topological polar surface area (TPSA) is 52.4 Å². The maximum atomic E-state index is 13.2. The monoisotopic (exact) mass is 281 g/mol. The van der Waals surface area contributed by atoms with E-state index in [-0.39, 0.29) is 17.3 Å². The highest BCUT2D eigenvalue weighted by molar-refractivity contribution is 6.31. The summed E-state index contributed by atoms with van der Waals surface area (Å²) in [5, 5.41) is 10.5. The maximum absolute atomic E-state index is 13.2. The molecule has 0 atom stereocenters. The number of hydrogen-bond acceptors (Lipinski definition) is 3. The third kappa shape index (κ3) is 3.20. The van der Waals surface area contributed by atoms with Crippen molar-refractivity contribution in [3.05, 3.63) is 69.0 Å². The van der Waals surface area contributed by atoms with Crippen molar-refractivity contribution in [2.75, 3.05) is 0 Å². The molecule has 0 aliphatic heterocycles. The molecule has 0 aliphatic carbocycles. The van der Waals surface area contributed by atoms with Crippen LogP contribution in [0.3, 0.4) is 0 Å². The minimum absolute atomic E-state index is 0.0175. The lowest BCUT2D eigenvalue weighted by Crippen LogP contribution is -1.97. The van der Waals surface area contributed by atoms with Gasteiger partial charge in [-0.25, -0.2) is 4.39 Å². The summed E-state index contributed by atoms with van der Waals surface area (Å²) in [6.07, 6.45) is 0. The Morgan fingerprint density at radius 1 is 1.21 bits per heavy atom. The molecule has 98 valence electrons. The van der Waals surface area contributed by atoms with Crippen LogP contribution in [0.1, 0.15) is 5.56 Å². The van der Waals surface area contributed by atoms with Crippen LogP contribution >= 0.6 is 11.6 Å². The summed E-state index contributed by atoms with van der Waals surface area (Å²) in [6.45, 7) is 0.0917. The molecule has 2 rings (SSSR count). The molecule has 0 saturated carbocycles. The third-order valence-electron chi connectivity index (χ3n) is 2.47. The molecule has 0 amide bonds. The average Bonchev–Trinajstić information content (AvgIpc) is 2.41. The number of benzene rings is 2. The van der Waals surface area contributed by atoms with Crippen molar-refractivity contribution in [3.8, 4) is 5.75 Å². The Kier molecular flexibility index (Phi) is 3.97. The Morgan fingerprint density at radius 3 is 2.53 bits per heavy atom. The maximum Gasteiger partial charge on any atom is 0.269 e. The molecule has 0 heterocycles. The third-order valence-corrected chi connectivity index (χ3v) is 2.90. The number of ether oxygens (including phenoxy) is 1. The predicted molar refractivity (Wildman–Crippen MR) is 68.8 cm³/mol. The number of nitro groups is 1. The molecule has 6 heteroatoms. The molecule has 19 heavy (non-hydrogen) atoms. The molecule has 0 unspecified atom stereocenters. The largest absolute Gasteiger partial charge is 0.489 e. The molecule has 4 nitrogen and oxygen atoms in total. The molecule has 0 bridgehead atoms. The van der Waals surface area contributed by atoms with Crippen molar-refractivity contribution in [2.45, 2.75) is 6.61 Å². The van der Waals surface area contributed by atoms with E-state index in [0.717, 1.165) is 0 Å². The lowest BCUT2D eigenvalue weighted by atomic mass is 10.2. The van der Waals surface area contributed by atoms with Gasteiger partial charge in [-0.3, -0.25) is 10.1 Å². The lowest BCUT2D eigenvalue weighted by Gasteiger charge is -2.07. The summed E-state index contributed by atoms with van der Waals surface area (Å²) in [5.74, 6) is -0.0580. The van der Waals surface area contributed by atoms with Crippen LogP contribution in [0.15, 0.2) is 42.5 Å². The second-order valence-electron chi connectivity index (χ2n) is 3.75. The van der Waals surface area contributed by atoms with E-state index in [0.29, 0.717) is 11.3 Å². The number of rotatable bonds is 4. The number of hydrogen-bond donors (Lipinski definition) is 0. The van der Waals surface area contributed by atoms with E-state index >= 15 is 0 Å².